The average molecular weight is 500 g/mol. The van der Waals surface area contributed by atoms with Crippen LogP contribution < -0.4 is 10.6 Å². The van der Waals surface area contributed by atoms with E-state index in [-0.39, 0.29) is 12.3 Å². The van der Waals surface area contributed by atoms with Crippen molar-refractivity contribution in [3.63, 3.8) is 0 Å². The molecule has 34 heavy (non-hydrogen) atoms. The number of fused-ring (bicyclic) bond motifs is 1. The normalized spacial score (nSPS) is 19.2. The van der Waals surface area contributed by atoms with Gasteiger partial charge in [-0.15, -0.1) is 23.2 Å². The molecular formula is C25H23Cl2N3O4. The number of carbonyl (C=O) groups is 3. The van der Waals surface area contributed by atoms with Gasteiger partial charge in [0.05, 0.1) is 23.6 Å². The highest BCUT2D eigenvalue weighted by Gasteiger charge is 2.68. The van der Waals surface area contributed by atoms with Gasteiger partial charge in [-0.2, -0.15) is 0 Å². The van der Waals surface area contributed by atoms with Crippen LogP contribution in [0.5, 0.6) is 0 Å². The maximum absolute atomic E-state index is 12.8. The Balaban J connectivity index is 1.44. The van der Waals surface area contributed by atoms with Gasteiger partial charge in [-0.05, 0) is 43.2 Å². The first-order chi connectivity index (χ1) is 16.1. The molecule has 2 N–H and O–H groups in total. The van der Waals surface area contributed by atoms with Crippen LogP contribution in [0, 0.1) is 5.41 Å². The number of amides is 2. The number of aromatic nitrogens is 1. The highest BCUT2D eigenvalue weighted by Crippen LogP contribution is 2.63. The van der Waals surface area contributed by atoms with Crippen molar-refractivity contribution in [3.8, 4) is 0 Å². The quantitative estimate of drug-likeness (QED) is 0.373. The monoisotopic (exact) mass is 499 g/mol. The van der Waals surface area contributed by atoms with Crippen molar-refractivity contribution >= 4 is 57.6 Å². The Labute approximate surface area is 206 Å². The fourth-order valence-corrected chi connectivity index (χ4v) is 4.46. The molecule has 4 rings (SSSR count). The lowest BCUT2D eigenvalue weighted by Crippen LogP contribution is -2.46. The number of para-hydroxylation sites is 1. The van der Waals surface area contributed by atoms with E-state index in [4.69, 9.17) is 27.9 Å². The number of alkyl halides is 2. The van der Waals surface area contributed by atoms with Crippen molar-refractivity contribution in [1.29, 1.82) is 0 Å². The lowest BCUT2D eigenvalue weighted by molar-refractivity contribution is -0.145. The number of benzene rings is 2. The molecule has 2 atom stereocenters. The first-order valence-corrected chi connectivity index (χ1v) is 11.4. The summed E-state index contributed by atoms with van der Waals surface area (Å²) in [5.74, 6) is -1.23. The number of hydrogen-bond acceptors (Lipinski definition) is 5. The van der Waals surface area contributed by atoms with Gasteiger partial charge >= 0.3 is 5.97 Å². The zero-order valence-corrected chi connectivity index (χ0v) is 20.1. The number of esters is 1. The Hall–Kier alpha value is -3.16. The maximum Gasteiger partial charge on any atom is 0.328 e. The summed E-state index contributed by atoms with van der Waals surface area (Å²) in [6.07, 6.45) is 2.11. The third-order valence-electron chi connectivity index (χ3n) is 6.10. The van der Waals surface area contributed by atoms with Gasteiger partial charge in [0, 0.05) is 23.7 Å². The molecule has 1 saturated carbocycles. The van der Waals surface area contributed by atoms with Crippen LogP contribution in [0.1, 0.15) is 29.3 Å². The molecule has 0 saturated heterocycles. The molecule has 0 radical (unpaired) electrons. The number of pyridine rings is 1. The van der Waals surface area contributed by atoms with Gasteiger partial charge in [-0.25, -0.2) is 4.79 Å². The molecule has 1 fully saturated rings. The van der Waals surface area contributed by atoms with Crippen molar-refractivity contribution in [2.24, 2.45) is 5.41 Å². The van der Waals surface area contributed by atoms with Gasteiger partial charge in [-0.3, -0.25) is 14.6 Å². The van der Waals surface area contributed by atoms with Crippen LogP contribution in [-0.4, -0.2) is 40.3 Å². The first-order valence-electron chi connectivity index (χ1n) is 10.7. The molecule has 1 heterocycles. The summed E-state index contributed by atoms with van der Waals surface area (Å²) in [5.41, 5.74) is 1.67. The van der Waals surface area contributed by atoms with Gasteiger partial charge in [0.1, 0.15) is 10.4 Å². The van der Waals surface area contributed by atoms with Crippen molar-refractivity contribution in [2.45, 2.75) is 30.1 Å². The van der Waals surface area contributed by atoms with E-state index in [2.05, 4.69) is 15.6 Å². The van der Waals surface area contributed by atoms with E-state index in [1.54, 1.807) is 43.5 Å². The van der Waals surface area contributed by atoms with Crippen molar-refractivity contribution in [3.05, 3.63) is 71.9 Å². The molecule has 0 aliphatic heterocycles. The van der Waals surface area contributed by atoms with Crippen LogP contribution in [0.25, 0.3) is 10.9 Å². The van der Waals surface area contributed by atoms with E-state index in [1.807, 2.05) is 24.3 Å². The van der Waals surface area contributed by atoms with E-state index in [0.29, 0.717) is 17.7 Å². The fraction of sp³-hybridized carbons (Fsp3) is 0.280. The molecule has 0 bridgehead atoms. The number of anilines is 1. The van der Waals surface area contributed by atoms with Gasteiger partial charge in [0.15, 0.2) is 0 Å². The number of ether oxygens (including phenoxy) is 1. The van der Waals surface area contributed by atoms with E-state index in [0.717, 1.165) is 16.5 Å². The number of hydrogen-bond donors (Lipinski definition) is 2. The summed E-state index contributed by atoms with van der Waals surface area (Å²) in [7, 11) is 1.26. The molecular weight excluding hydrogens is 477 g/mol. The largest absolute Gasteiger partial charge is 0.467 e. The maximum atomic E-state index is 12.8. The van der Waals surface area contributed by atoms with E-state index < -0.39 is 27.7 Å². The summed E-state index contributed by atoms with van der Waals surface area (Å²) in [6, 6.07) is 15.2. The summed E-state index contributed by atoms with van der Waals surface area (Å²) in [4.78, 5) is 42.0. The molecule has 7 nitrogen and oxygen atoms in total. The summed E-state index contributed by atoms with van der Waals surface area (Å²) in [5, 5.41) is 6.34. The standard InChI is InChI=1S/C25H23Cl2N3O4/c1-24(14-25(24,26)27)23(33)30-20(22(32)34-2)13-15-7-9-16(10-8-15)29-21(31)18-11-12-28-19-6-4-3-5-17(18)19/h3-12,20H,13-14H2,1-2H3,(H,29,31)(H,30,33). The average Bonchev–Trinajstić information content (AvgIpc) is 3.37. The third-order valence-corrected chi connectivity index (χ3v) is 7.20. The Morgan fingerprint density at radius 3 is 2.41 bits per heavy atom. The fourth-order valence-electron chi connectivity index (χ4n) is 3.75. The molecule has 0 spiro atoms. The minimum Gasteiger partial charge on any atom is -0.467 e. The second-order valence-electron chi connectivity index (χ2n) is 8.49. The number of methoxy groups -OCH3 is 1. The van der Waals surface area contributed by atoms with Crippen LogP contribution in [0.4, 0.5) is 5.69 Å². The molecule has 9 heteroatoms. The van der Waals surface area contributed by atoms with E-state index >= 15 is 0 Å². The Kier molecular flexibility index (Phi) is 6.51. The number of rotatable bonds is 7. The minimum absolute atomic E-state index is 0.204. The topological polar surface area (TPSA) is 97.4 Å². The highest BCUT2D eigenvalue weighted by atomic mass is 35.5. The van der Waals surface area contributed by atoms with E-state index in [1.165, 1.54) is 7.11 Å². The van der Waals surface area contributed by atoms with Crippen molar-refractivity contribution in [2.75, 3.05) is 12.4 Å². The molecule has 2 aromatic carbocycles. The van der Waals surface area contributed by atoms with Gasteiger partial charge in [0.2, 0.25) is 5.91 Å². The summed E-state index contributed by atoms with van der Waals surface area (Å²) < 4.78 is 3.71. The number of halogens is 2. The van der Waals surface area contributed by atoms with Gasteiger partial charge in [0.25, 0.3) is 5.91 Å². The predicted octanol–water partition coefficient (Wildman–Crippen LogP) is 4.27. The van der Waals surface area contributed by atoms with E-state index in [9.17, 15) is 14.4 Å². The lowest BCUT2D eigenvalue weighted by atomic mass is 10.0. The molecule has 2 amide bonds. The summed E-state index contributed by atoms with van der Waals surface area (Å²) in [6.45, 7) is 1.65. The predicted molar refractivity (Wildman–Crippen MR) is 131 cm³/mol. The van der Waals surface area contributed by atoms with Crippen LogP contribution >= 0.6 is 23.2 Å². The molecule has 1 aliphatic carbocycles. The number of nitrogens with zero attached hydrogens (tertiary/aromatic N) is 1. The van der Waals surface area contributed by atoms with Gasteiger partial charge in [-0.1, -0.05) is 30.3 Å². The molecule has 2 unspecified atom stereocenters. The van der Waals surface area contributed by atoms with Crippen LogP contribution in [0.2, 0.25) is 0 Å². The highest BCUT2D eigenvalue weighted by molar-refractivity contribution is 6.53. The van der Waals surface area contributed by atoms with Gasteiger partial charge < -0.3 is 15.4 Å². The first kappa shape index (κ1) is 24.0. The van der Waals surface area contributed by atoms with Crippen molar-refractivity contribution in [1.82, 2.24) is 10.3 Å². The van der Waals surface area contributed by atoms with Crippen molar-refractivity contribution < 1.29 is 19.1 Å². The minimum atomic E-state index is -1.14. The van der Waals surface area contributed by atoms with Crippen LogP contribution in [0.3, 0.4) is 0 Å². The zero-order chi connectivity index (χ0) is 24.5. The number of carbonyl (C=O) groups excluding carboxylic acids is 3. The summed E-state index contributed by atoms with van der Waals surface area (Å²) >= 11 is 12.2. The zero-order valence-electron chi connectivity index (χ0n) is 18.6. The second-order valence-corrected chi connectivity index (χ2v) is 9.98. The molecule has 3 aromatic rings. The second kappa shape index (κ2) is 9.24. The number of nitrogens with one attached hydrogen (secondary N) is 2. The SMILES string of the molecule is COC(=O)C(Cc1ccc(NC(=O)c2ccnc3ccccc23)cc1)NC(=O)C1(C)CC1(Cl)Cl. The molecule has 1 aromatic heterocycles. The molecule has 1 aliphatic rings. The smallest absolute Gasteiger partial charge is 0.328 e. The lowest BCUT2D eigenvalue weighted by Gasteiger charge is -2.20. The Bertz CT molecular complexity index is 1260. The van der Waals surface area contributed by atoms with Crippen LogP contribution in [-0.2, 0) is 20.7 Å². The third kappa shape index (κ3) is 4.72. The Morgan fingerprint density at radius 2 is 1.76 bits per heavy atom. The Morgan fingerprint density at radius 1 is 1.09 bits per heavy atom. The van der Waals surface area contributed by atoms with Crippen LogP contribution in [0.15, 0.2) is 60.8 Å². The molecule has 176 valence electrons.